The summed E-state index contributed by atoms with van der Waals surface area (Å²) in [5.41, 5.74) is 2.58. The van der Waals surface area contributed by atoms with E-state index in [4.69, 9.17) is 4.74 Å². The van der Waals surface area contributed by atoms with Crippen LogP contribution >= 0.6 is 0 Å². The molecule has 0 spiro atoms. The molecule has 2 heterocycles. The number of hydrogen-bond donors (Lipinski definition) is 0. The molecule has 1 amide bonds. The Bertz CT molecular complexity index is 647. The van der Waals surface area contributed by atoms with Crippen LogP contribution in [0, 0.1) is 0 Å². The van der Waals surface area contributed by atoms with Gasteiger partial charge < -0.3 is 9.64 Å². The van der Waals surface area contributed by atoms with E-state index in [1.54, 1.807) is 12.4 Å². The van der Waals surface area contributed by atoms with E-state index in [9.17, 15) is 4.79 Å². The van der Waals surface area contributed by atoms with Crippen LogP contribution in [0.3, 0.4) is 0 Å². The van der Waals surface area contributed by atoms with Crippen LogP contribution in [0.2, 0.25) is 0 Å². The topological polar surface area (TPSA) is 42.4 Å². The molecule has 0 N–H and O–H groups in total. The number of ether oxygens (including phenoxy) is 1. The highest BCUT2D eigenvalue weighted by molar-refractivity contribution is 6.24. The Morgan fingerprint density at radius 2 is 1.73 bits per heavy atom. The Morgan fingerprint density at radius 1 is 1.05 bits per heavy atom. The van der Waals surface area contributed by atoms with Crippen molar-refractivity contribution in [1.29, 1.82) is 0 Å². The van der Waals surface area contributed by atoms with E-state index in [0.29, 0.717) is 31.9 Å². The lowest BCUT2D eigenvalue weighted by Crippen LogP contribution is -2.41. The number of aromatic nitrogens is 1. The fraction of sp³-hybridized carbons (Fsp3) is 0.222. The number of carbonyl (C=O) groups is 1. The van der Waals surface area contributed by atoms with Crippen molar-refractivity contribution in [2.24, 2.45) is 0 Å². The molecule has 0 saturated carbocycles. The van der Waals surface area contributed by atoms with Crippen LogP contribution in [-0.4, -0.2) is 42.1 Å². The first-order valence-electron chi connectivity index (χ1n) is 7.39. The minimum Gasteiger partial charge on any atom is -0.378 e. The number of hydrogen-bond acceptors (Lipinski definition) is 3. The number of benzene rings is 1. The van der Waals surface area contributed by atoms with Crippen LogP contribution in [0.1, 0.15) is 11.1 Å². The molecular weight excluding hydrogens is 276 g/mol. The molecule has 0 unspecified atom stereocenters. The van der Waals surface area contributed by atoms with Crippen molar-refractivity contribution < 1.29 is 9.53 Å². The van der Waals surface area contributed by atoms with Gasteiger partial charge >= 0.3 is 0 Å². The van der Waals surface area contributed by atoms with Crippen molar-refractivity contribution in [3.05, 3.63) is 66.0 Å². The third kappa shape index (κ3) is 3.40. The lowest BCUT2D eigenvalue weighted by molar-refractivity contribution is -0.128. The first kappa shape index (κ1) is 14.5. The minimum absolute atomic E-state index is 0.0401. The highest BCUT2D eigenvalue weighted by Gasteiger charge is 2.21. The highest BCUT2D eigenvalue weighted by atomic mass is 16.5. The van der Waals surface area contributed by atoms with Crippen LogP contribution in [0.15, 0.2) is 54.9 Å². The van der Waals surface area contributed by atoms with E-state index >= 15 is 0 Å². The smallest absolute Gasteiger partial charge is 0.254 e. The number of nitrogens with zero attached hydrogens (tertiary/aromatic N) is 2. The first-order chi connectivity index (χ1) is 10.8. The van der Waals surface area contributed by atoms with E-state index in [1.807, 2.05) is 53.4 Å². The zero-order chi connectivity index (χ0) is 15.2. The van der Waals surface area contributed by atoms with Crippen molar-refractivity contribution >= 4 is 17.6 Å². The minimum atomic E-state index is 0.0401. The fourth-order valence-electron chi connectivity index (χ4n) is 2.45. The molecule has 1 saturated heterocycles. The van der Waals surface area contributed by atoms with Crippen molar-refractivity contribution in [1.82, 2.24) is 9.88 Å². The summed E-state index contributed by atoms with van der Waals surface area (Å²) < 4.78 is 5.33. The standard InChI is InChI=1S/C18H18N2O2/c21-18(20-10-12-22-13-11-20)17(16-6-8-19-9-7-16)14-15-4-2-1-3-5-15/h1-9,14H,10-13H2/b17-14-. The Labute approximate surface area is 130 Å². The molecule has 1 aliphatic rings. The fourth-order valence-corrected chi connectivity index (χ4v) is 2.45. The second-order valence-electron chi connectivity index (χ2n) is 5.11. The number of pyridine rings is 1. The summed E-state index contributed by atoms with van der Waals surface area (Å²) in [6.45, 7) is 2.47. The van der Waals surface area contributed by atoms with Gasteiger partial charge in [0.2, 0.25) is 0 Å². The predicted octanol–water partition coefficient (Wildman–Crippen LogP) is 2.48. The Kier molecular flexibility index (Phi) is 4.61. The van der Waals surface area contributed by atoms with E-state index in [2.05, 4.69) is 4.98 Å². The zero-order valence-electron chi connectivity index (χ0n) is 12.3. The number of amides is 1. The van der Waals surface area contributed by atoms with Gasteiger partial charge in [-0.2, -0.15) is 0 Å². The average Bonchev–Trinajstić information content (AvgIpc) is 2.61. The SMILES string of the molecule is O=C(/C(=C\c1ccccc1)c1ccncc1)N1CCOCC1. The molecule has 0 aliphatic carbocycles. The van der Waals surface area contributed by atoms with Gasteiger partial charge in [-0.3, -0.25) is 9.78 Å². The van der Waals surface area contributed by atoms with Gasteiger partial charge in [0.15, 0.2) is 0 Å². The molecule has 0 atom stereocenters. The molecule has 2 aromatic rings. The van der Waals surface area contributed by atoms with Crippen molar-refractivity contribution in [2.75, 3.05) is 26.3 Å². The zero-order valence-corrected chi connectivity index (χ0v) is 12.3. The van der Waals surface area contributed by atoms with E-state index in [1.165, 1.54) is 0 Å². The maximum absolute atomic E-state index is 12.9. The molecule has 1 fully saturated rings. The van der Waals surface area contributed by atoms with Crippen LogP contribution in [0.25, 0.3) is 11.6 Å². The van der Waals surface area contributed by atoms with E-state index in [-0.39, 0.29) is 5.91 Å². The predicted molar refractivity (Wildman–Crippen MR) is 85.9 cm³/mol. The highest BCUT2D eigenvalue weighted by Crippen LogP contribution is 2.21. The number of morpholine rings is 1. The normalized spacial score (nSPS) is 15.6. The van der Waals surface area contributed by atoms with Gasteiger partial charge in [-0.05, 0) is 29.3 Å². The second kappa shape index (κ2) is 7.00. The second-order valence-corrected chi connectivity index (χ2v) is 5.11. The number of carbonyl (C=O) groups excluding carboxylic acids is 1. The molecule has 4 heteroatoms. The van der Waals surface area contributed by atoms with Crippen molar-refractivity contribution in [3.63, 3.8) is 0 Å². The maximum Gasteiger partial charge on any atom is 0.254 e. The van der Waals surface area contributed by atoms with Gasteiger partial charge in [-0.1, -0.05) is 30.3 Å². The van der Waals surface area contributed by atoms with E-state index < -0.39 is 0 Å². The van der Waals surface area contributed by atoms with Crippen LogP contribution < -0.4 is 0 Å². The summed E-state index contributed by atoms with van der Waals surface area (Å²) in [5, 5.41) is 0. The molecular formula is C18H18N2O2. The largest absolute Gasteiger partial charge is 0.378 e. The Hall–Kier alpha value is -2.46. The van der Waals surface area contributed by atoms with Crippen molar-refractivity contribution in [2.45, 2.75) is 0 Å². The monoisotopic (exact) mass is 294 g/mol. The molecule has 1 aromatic heterocycles. The van der Waals surface area contributed by atoms with Gasteiger partial charge in [0, 0.05) is 31.1 Å². The van der Waals surface area contributed by atoms with Crippen LogP contribution in [-0.2, 0) is 9.53 Å². The Balaban J connectivity index is 1.96. The molecule has 1 aliphatic heterocycles. The van der Waals surface area contributed by atoms with Crippen molar-refractivity contribution in [3.8, 4) is 0 Å². The maximum atomic E-state index is 12.9. The summed E-state index contributed by atoms with van der Waals surface area (Å²) in [4.78, 5) is 18.8. The molecule has 1 aromatic carbocycles. The average molecular weight is 294 g/mol. The molecule has 4 nitrogen and oxygen atoms in total. The van der Waals surface area contributed by atoms with Gasteiger partial charge in [-0.25, -0.2) is 0 Å². The van der Waals surface area contributed by atoms with Gasteiger partial charge in [0.05, 0.1) is 13.2 Å². The van der Waals surface area contributed by atoms with Crippen LogP contribution in [0.5, 0.6) is 0 Å². The van der Waals surface area contributed by atoms with Crippen LogP contribution in [0.4, 0.5) is 0 Å². The molecule has 0 radical (unpaired) electrons. The van der Waals surface area contributed by atoms with E-state index in [0.717, 1.165) is 11.1 Å². The number of rotatable bonds is 3. The molecule has 22 heavy (non-hydrogen) atoms. The molecule has 0 bridgehead atoms. The van der Waals surface area contributed by atoms with Gasteiger partial charge in [0.25, 0.3) is 5.91 Å². The summed E-state index contributed by atoms with van der Waals surface area (Å²) in [5.74, 6) is 0.0401. The molecule has 3 rings (SSSR count). The van der Waals surface area contributed by atoms with Gasteiger partial charge in [-0.15, -0.1) is 0 Å². The first-order valence-corrected chi connectivity index (χ1v) is 7.39. The third-order valence-electron chi connectivity index (χ3n) is 3.63. The Morgan fingerprint density at radius 3 is 2.41 bits per heavy atom. The summed E-state index contributed by atoms with van der Waals surface area (Å²) >= 11 is 0. The quantitative estimate of drug-likeness (QED) is 0.817. The summed E-state index contributed by atoms with van der Waals surface area (Å²) in [7, 11) is 0. The summed E-state index contributed by atoms with van der Waals surface area (Å²) in [6.07, 6.45) is 5.36. The van der Waals surface area contributed by atoms with Gasteiger partial charge in [0.1, 0.15) is 0 Å². The lowest BCUT2D eigenvalue weighted by atomic mass is 10.0. The lowest BCUT2D eigenvalue weighted by Gasteiger charge is -2.28. The molecule has 112 valence electrons. The summed E-state index contributed by atoms with van der Waals surface area (Å²) in [6, 6.07) is 13.6. The third-order valence-corrected chi connectivity index (χ3v) is 3.63.